The number of hydrogen-bond donors (Lipinski definition) is 0. The number of methoxy groups -OCH3 is 1. The van der Waals surface area contributed by atoms with Gasteiger partial charge in [0.25, 0.3) is 0 Å². The summed E-state index contributed by atoms with van der Waals surface area (Å²) < 4.78 is 16.8. The van der Waals surface area contributed by atoms with Gasteiger partial charge < -0.3 is 14.2 Å². The Hall–Kier alpha value is -2.60. The molecule has 122 valence electrons. The molecule has 0 unspecified atom stereocenters. The van der Waals surface area contributed by atoms with Crippen molar-refractivity contribution in [1.29, 1.82) is 0 Å². The minimum absolute atomic E-state index is 0.182. The van der Waals surface area contributed by atoms with Crippen molar-refractivity contribution < 1.29 is 23.8 Å². The summed E-state index contributed by atoms with van der Waals surface area (Å²) in [5.74, 6) is 0.824. The van der Waals surface area contributed by atoms with Crippen LogP contribution in [0.2, 0.25) is 0 Å². The molecule has 2 aromatic rings. The number of benzene rings is 2. The molecule has 0 spiro atoms. The quantitative estimate of drug-likeness (QED) is 0.451. The van der Waals surface area contributed by atoms with Gasteiger partial charge in [-0.25, -0.2) is 0 Å². The predicted molar refractivity (Wildman–Crippen MR) is 91.4 cm³/mol. The zero-order valence-electron chi connectivity index (χ0n) is 13.0. The molecule has 0 atom stereocenters. The first-order valence-electron chi connectivity index (χ1n) is 7.08. The Morgan fingerprint density at radius 1 is 1.21 bits per heavy atom. The minimum Gasteiger partial charge on any atom is -0.496 e. The lowest BCUT2D eigenvalue weighted by atomic mass is 10.1. The average molecular weight is 389 g/mol. The zero-order valence-corrected chi connectivity index (χ0v) is 14.5. The van der Waals surface area contributed by atoms with Crippen molar-refractivity contribution in [2.75, 3.05) is 7.11 Å². The lowest BCUT2D eigenvalue weighted by molar-refractivity contribution is -0.131. The topological polar surface area (TPSA) is 61.8 Å². The highest BCUT2D eigenvalue weighted by Crippen LogP contribution is 2.36. The molecule has 0 fully saturated rings. The largest absolute Gasteiger partial charge is 0.496 e. The van der Waals surface area contributed by atoms with Crippen molar-refractivity contribution in [2.45, 2.75) is 6.92 Å². The smallest absolute Gasteiger partial charge is 0.308 e. The van der Waals surface area contributed by atoms with E-state index in [9.17, 15) is 9.59 Å². The van der Waals surface area contributed by atoms with Crippen LogP contribution in [0.25, 0.3) is 6.08 Å². The number of ether oxygens (including phenoxy) is 3. The molecule has 0 aromatic heterocycles. The highest BCUT2D eigenvalue weighted by atomic mass is 79.9. The molecule has 6 heteroatoms. The van der Waals surface area contributed by atoms with E-state index in [1.807, 2.05) is 12.1 Å². The van der Waals surface area contributed by atoms with Crippen molar-refractivity contribution in [2.24, 2.45) is 0 Å². The first kappa shape index (κ1) is 16.3. The molecule has 0 radical (unpaired) electrons. The molecule has 2 aromatic carbocycles. The maximum absolute atomic E-state index is 12.5. The molecule has 0 saturated heterocycles. The van der Waals surface area contributed by atoms with Crippen molar-refractivity contribution in [3.8, 4) is 17.2 Å². The van der Waals surface area contributed by atoms with Gasteiger partial charge in [0.15, 0.2) is 5.76 Å². The number of hydrogen-bond acceptors (Lipinski definition) is 5. The van der Waals surface area contributed by atoms with Crippen LogP contribution in [0.4, 0.5) is 0 Å². The van der Waals surface area contributed by atoms with Crippen LogP contribution in [0.15, 0.2) is 46.6 Å². The second-order valence-corrected chi connectivity index (χ2v) is 5.99. The average Bonchev–Trinajstić information content (AvgIpc) is 2.83. The zero-order chi connectivity index (χ0) is 17.3. The number of rotatable bonds is 3. The van der Waals surface area contributed by atoms with E-state index in [0.717, 1.165) is 4.47 Å². The molecule has 3 rings (SSSR count). The fraction of sp³-hybridized carbons (Fsp3) is 0.111. The minimum atomic E-state index is -0.436. The molecule has 0 N–H and O–H groups in total. The van der Waals surface area contributed by atoms with Gasteiger partial charge in [-0.2, -0.15) is 0 Å². The predicted octanol–water partition coefficient (Wildman–Crippen LogP) is 4.00. The molecule has 5 nitrogen and oxygen atoms in total. The number of fused-ring (bicyclic) bond motifs is 1. The van der Waals surface area contributed by atoms with E-state index < -0.39 is 5.97 Å². The van der Waals surface area contributed by atoms with Gasteiger partial charge >= 0.3 is 5.97 Å². The molecule has 1 aliphatic rings. The van der Waals surface area contributed by atoms with Crippen LogP contribution in [-0.4, -0.2) is 18.9 Å². The summed E-state index contributed by atoms with van der Waals surface area (Å²) in [6.45, 7) is 1.31. The molecule has 1 aliphatic heterocycles. The van der Waals surface area contributed by atoms with E-state index in [1.165, 1.54) is 13.0 Å². The lowest BCUT2D eigenvalue weighted by Crippen LogP contribution is -2.01. The Bertz CT molecular complexity index is 870. The second-order valence-electron chi connectivity index (χ2n) is 5.08. The molecule has 0 saturated carbocycles. The van der Waals surface area contributed by atoms with Crippen LogP contribution in [0.3, 0.4) is 0 Å². The number of ketones is 1. The first-order chi connectivity index (χ1) is 11.5. The summed E-state index contributed by atoms with van der Waals surface area (Å²) in [5.41, 5.74) is 1.13. The Morgan fingerprint density at radius 2 is 2.00 bits per heavy atom. The lowest BCUT2D eigenvalue weighted by Gasteiger charge is -2.06. The van der Waals surface area contributed by atoms with Crippen LogP contribution in [0.5, 0.6) is 17.2 Å². The third-order valence-electron chi connectivity index (χ3n) is 3.38. The Balaban J connectivity index is 1.96. The van der Waals surface area contributed by atoms with Gasteiger partial charge in [-0.15, -0.1) is 0 Å². The third-order valence-corrected chi connectivity index (χ3v) is 3.87. The molecule has 0 amide bonds. The number of Topliss-reactive ketones (excluding diaryl/α,β-unsaturated/α-hetero) is 1. The summed E-state index contributed by atoms with van der Waals surface area (Å²) in [6.07, 6.45) is 1.62. The Labute approximate surface area is 147 Å². The van der Waals surface area contributed by atoms with E-state index in [4.69, 9.17) is 14.2 Å². The van der Waals surface area contributed by atoms with Crippen LogP contribution in [-0.2, 0) is 4.79 Å². The van der Waals surface area contributed by atoms with Crippen molar-refractivity contribution in [3.05, 3.63) is 57.8 Å². The van der Waals surface area contributed by atoms with Gasteiger partial charge in [0.1, 0.15) is 17.2 Å². The number of esters is 1. The fourth-order valence-corrected chi connectivity index (χ4v) is 2.73. The molecule has 0 bridgehead atoms. The van der Waals surface area contributed by atoms with Crippen LogP contribution >= 0.6 is 15.9 Å². The van der Waals surface area contributed by atoms with Gasteiger partial charge in [0.2, 0.25) is 5.78 Å². The Morgan fingerprint density at radius 3 is 2.71 bits per heavy atom. The highest BCUT2D eigenvalue weighted by molar-refractivity contribution is 9.10. The van der Waals surface area contributed by atoms with E-state index in [1.54, 1.807) is 31.4 Å². The van der Waals surface area contributed by atoms with E-state index in [2.05, 4.69) is 15.9 Å². The highest BCUT2D eigenvalue weighted by Gasteiger charge is 2.28. The molecule has 24 heavy (non-hydrogen) atoms. The van der Waals surface area contributed by atoms with Crippen LogP contribution in [0.1, 0.15) is 22.8 Å². The molecular formula is C18H13BrO5. The van der Waals surface area contributed by atoms with Gasteiger partial charge in [-0.05, 0) is 36.4 Å². The summed E-state index contributed by atoms with van der Waals surface area (Å²) in [4.78, 5) is 23.5. The van der Waals surface area contributed by atoms with E-state index >= 15 is 0 Å². The van der Waals surface area contributed by atoms with Gasteiger partial charge in [-0.1, -0.05) is 15.9 Å². The second kappa shape index (κ2) is 6.49. The monoisotopic (exact) mass is 388 g/mol. The van der Waals surface area contributed by atoms with Crippen LogP contribution < -0.4 is 14.2 Å². The number of carbonyl (C=O) groups is 2. The number of allylic oxidation sites excluding steroid dienone is 1. The summed E-state index contributed by atoms with van der Waals surface area (Å²) in [6, 6.07) is 10.1. The maximum Gasteiger partial charge on any atom is 0.308 e. The fourth-order valence-electron chi connectivity index (χ4n) is 2.36. The first-order valence-corrected chi connectivity index (χ1v) is 7.87. The number of carbonyl (C=O) groups excluding carboxylic acids is 2. The SMILES string of the molecule is COc1ccc(Br)cc1C=C1Oc2cc(OC(C)=O)ccc2C1=O. The summed E-state index contributed by atoms with van der Waals surface area (Å²) >= 11 is 3.39. The summed E-state index contributed by atoms with van der Waals surface area (Å²) in [7, 11) is 1.56. The van der Waals surface area contributed by atoms with Gasteiger partial charge in [0, 0.05) is 23.0 Å². The number of halogens is 1. The van der Waals surface area contributed by atoms with Crippen LogP contribution in [0, 0.1) is 0 Å². The third kappa shape index (κ3) is 3.19. The normalized spacial score (nSPS) is 14.3. The van der Waals surface area contributed by atoms with E-state index in [0.29, 0.717) is 28.4 Å². The molecular weight excluding hydrogens is 376 g/mol. The van der Waals surface area contributed by atoms with Crippen molar-refractivity contribution >= 4 is 33.8 Å². The summed E-state index contributed by atoms with van der Waals surface area (Å²) in [5, 5.41) is 0. The van der Waals surface area contributed by atoms with E-state index in [-0.39, 0.29) is 11.5 Å². The molecule has 1 heterocycles. The maximum atomic E-state index is 12.5. The Kier molecular flexibility index (Phi) is 4.40. The standard InChI is InChI=1S/C18H13BrO5/c1-10(20)23-13-4-5-14-16(9-13)24-17(18(14)21)8-11-7-12(19)3-6-15(11)22-2/h3-9H,1-2H3. The van der Waals surface area contributed by atoms with Crippen molar-refractivity contribution in [1.82, 2.24) is 0 Å². The molecule has 0 aliphatic carbocycles. The van der Waals surface area contributed by atoms with Gasteiger partial charge in [-0.3, -0.25) is 9.59 Å². The van der Waals surface area contributed by atoms with Crippen molar-refractivity contribution in [3.63, 3.8) is 0 Å². The van der Waals surface area contributed by atoms with Gasteiger partial charge in [0.05, 0.1) is 12.7 Å².